The minimum Gasteiger partial charge on any atom is -0.368 e. The number of carbonyl (C=O) groups excluding carboxylic acids is 1. The lowest BCUT2D eigenvalue weighted by atomic mass is 9.86. The standard InChI is InChI=1S/C17H27N3O/c1-4-17(3,13-18)16(21)20-11-9-19(10-12-20)15-8-6-5-7-14(15)2/h5-8H,4,9-13,18H2,1-3H3. The number of piperazine rings is 1. The van der Waals surface area contributed by atoms with E-state index in [1.807, 2.05) is 18.7 Å². The fraction of sp³-hybridized carbons (Fsp3) is 0.588. The monoisotopic (exact) mass is 289 g/mol. The zero-order chi connectivity index (χ0) is 15.5. The predicted molar refractivity (Wildman–Crippen MR) is 87.4 cm³/mol. The molecule has 21 heavy (non-hydrogen) atoms. The van der Waals surface area contributed by atoms with E-state index in [0.717, 1.165) is 32.6 Å². The lowest BCUT2D eigenvalue weighted by molar-refractivity contribution is -0.141. The van der Waals surface area contributed by atoms with Crippen molar-refractivity contribution in [2.45, 2.75) is 27.2 Å². The summed E-state index contributed by atoms with van der Waals surface area (Å²) in [5.74, 6) is 0.205. The van der Waals surface area contributed by atoms with Crippen molar-refractivity contribution in [3.05, 3.63) is 29.8 Å². The van der Waals surface area contributed by atoms with Crippen molar-refractivity contribution < 1.29 is 4.79 Å². The second-order valence-electron chi connectivity index (χ2n) is 6.18. The third-order valence-corrected chi connectivity index (χ3v) is 4.77. The van der Waals surface area contributed by atoms with Crippen molar-refractivity contribution >= 4 is 11.6 Å². The second kappa shape index (κ2) is 6.48. The molecular formula is C17H27N3O. The molecule has 1 fully saturated rings. The van der Waals surface area contributed by atoms with E-state index in [4.69, 9.17) is 5.73 Å². The number of carbonyl (C=O) groups is 1. The van der Waals surface area contributed by atoms with Gasteiger partial charge in [0, 0.05) is 38.4 Å². The van der Waals surface area contributed by atoms with Crippen LogP contribution in [-0.2, 0) is 4.79 Å². The summed E-state index contributed by atoms with van der Waals surface area (Å²) in [6.07, 6.45) is 0.792. The van der Waals surface area contributed by atoms with Crippen molar-refractivity contribution in [2.75, 3.05) is 37.6 Å². The highest BCUT2D eigenvalue weighted by Crippen LogP contribution is 2.25. The van der Waals surface area contributed by atoms with Gasteiger partial charge >= 0.3 is 0 Å². The van der Waals surface area contributed by atoms with E-state index in [0.29, 0.717) is 6.54 Å². The molecule has 1 aromatic carbocycles. The minimum atomic E-state index is -0.412. The van der Waals surface area contributed by atoms with E-state index < -0.39 is 5.41 Å². The highest BCUT2D eigenvalue weighted by Gasteiger charge is 2.35. The molecule has 1 heterocycles. The first-order valence-corrected chi connectivity index (χ1v) is 7.82. The number of hydrogen-bond donors (Lipinski definition) is 1. The van der Waals surface area contributed by atoms with Gasteiger partial charge in [0.1, 0.15) is 0 Å². The van der Waals surface area contributed by atoms with Gasteiger partial charge in [-0.1, -0.05) is 25.1 Å². The summed E-state index contributed by atoms with van der Waals surface area (Å²) in [5.41, 5.74) is 7.96. The van der Waals surface area contributed by atoms with Crippen molar-refractivity contribution in [3.8, 4) is 0 Å². The van der Waals surface area contributed by atoms with Crippen LogP contribution < -0.4 is 10.6 Å². The van der Waals surface area contributed by atoms with Crippen LogP contribution in [0.3, 0.4) is 0 Å². The Kier molecular flexibility index (Phi) is 4.88. The van der Waals surface area contributed by atoms with Crippen LogP contribution in [0.25, 0.3) is 0 Å². The number of nitrogens with two attached hydrogens (primary N) is 1. The Balaban J connectivity index is 2.01. The number of para-hydroxylation sites is 1. The molecule has 1 aliphatic heterocycles. The summed E-state index contributed by atoms with van der Waals surface area (Å²) in [5, 5.41) is 0. The predicted octanol–water partition coefficient (Wildman–Crippen LogP) is 2.02. The van der Waals surface area contributed by atoms with Crippen LogP contribution in [0, 0.1) is 12.3 Å². The maximum atomic E-state index is 12.6. The van der Waals surface area contributed by atoms with E-state index in [1.165, 1.54) is 11.3 Å². The quantitative estimate of drug-likeness (QED) is 0.922. The van der Waals surface area contributed by atoms with E-state index in [2.05, 4.69) is 36.1 Å². The van der Waals surface area contributed by atoms with Gasteiger partial charge in [-0.05, 0) is 31.9 Å². The SMILES string of the molecule is CCC(C)(CN)C(=O)N1CCN(c2ccccc2C)CC1. The highest BCUT2D eigenvalue weighted by molar-refractivity contribution is 5.83. The number of benzene rings is 1. The van der Waals surface area contributed by atoms with Gasteiger partial charge in [0.2, 0.25) is 5.91 Å². The Bertz CT molecular complexity index is 489. The summed E-state index contributed by atoms with van der Waals surface area (Å²) in [6, 6.07) is 8.42. The molecule has 2 rings (SSSR count). The topological polar surface area (TPSA) is 49.6 Å². The fourth-order valence-electron chi connectivity index (χ4n) is 2.83. The molecule has 0 saturated carbocycles. The Morgan fingerprint density at radius 1 is 1.24 bits per heavy atom. The molecule has 1 aliphatic rings. The first-order chi connectivity index (χ1) is 10.0. The Morgan fingerprint density at radius 2 is 1.86 bits per heavy atom. The second-order valence-corrected chi connectivity index (χ2v) is 6.18. The minimum absolute atomic E-state index is 0.205. The van der Waals surface area contributed by atoms with Gasteiger partial charge in [0.25, 0.3) is 0 Å². The molecule has 1 saturated heterocycles. The number of nitrogens with zero attached hydrogens (tertiary/aromatic N) is 2. The molecule has 1 amide bonds. The first-order valence-electron chi connectivity index (χ1n) is 7.82. The third-order valence-electron chi connectivity index (χ3n) is 4.77. The lowest BCUT2D eigenvalue weighted by Crippen LogP contribution is -2.54. The Morgan fingerprint density at radius 3 is 2.38 bits per heavy atom. The van der Waals surface area contributed by atoms with Crippen LogP contribution in [0.4, 0.5) is 5.69 Å². The number of hydrogen-bond acceptors (Lipinski definition) is 3. The van der Waals surface area contributed by atoms with E-state index >= 15 is 0 Å². The molecule has 4 nitrogen and oxygen atoms in total. The van der Waals surface area contributed by atoms with Gasteiger partial charge < -0.3 is 15.5 Å². The van der Waals surface area contributed by atoms with Crippen LogP contribution in [0.1, 0.15) is 25.8 Å². The zero-order valence-corrected chi connectivity index (χ0v) is 13.4. The molecule has 1 aromatic rings. The maximum Gasteiger partial charge on any atom is 0.229 e. The Labute approximate surface area is 127 Å². The van der Waals surface area contributed by atoms with Crippen molar-refractivity contribution in [1.29, 1.82) is 0 Å². The van der Waals surface area contributed by atoms with Gasteiger partial charge in [-0.3, -0.25) is 4.79 Å². The number of rotatable bonds is 4. The molecule has 1 unspecified atom stereocenters. The average Bonchev–Trinajstić information content (AvgIpc) is 2.54. The molecule has 0 radical (unpaired) electrons. The van der Waals surface area contributed by atoms with Gasteiger partial charge in [0.05, 0.1) is 5.41 Å². The summed E-state index contributed by atoms with van der Waals surface area (Å²) in [7, 11) is 0. The normalized spacial score (nSPS) is 18.5. The number of aryl methyl sites for hydroxylation is 1. The summed E-state index contributed by atoms with van der Waals surface area (Å²) < 4.78 is 0. The van der Waals surface area contributed by atoms with Crippen LogP contribution >= 0.6 is 0 Å². The third kappa shape index (κ3) is 3.21. The average molecular weight is 289 g/mol. The molecule has 2 N–H and O–H groups in total. The van der Waals surface area contributed by atoms with Crippen LogP contribution in [-0.4, -0.2) is 43.5 Å². The van der Waals surface area contributed by atoms with Gasteiger partial charge in [0.15, 0.2) is 0 Å². The van der Waals surface area contributed by atoms with Crippen LogP contribution in [0.15, 0.2) is 24.3 Å². The fourth-order valence-corrected chi connectivity index (χ4v) is 2.83. The molecule has 0 bridgehead atoms. The molecule has 4 heteroatoms. The van der Waals surface area contributed by atoms with Gasteiger partial charge in [-0.25, -0.2) is 0 Å². The van der Waals surface area contributed by atoms with E-state index in [9.17, 15) is 4.79 Å². The zero-order valence-electron chi connectivity index (χ0n) is 13.4. The summed E-state index contributed by atoms with van der Waals surface area (Å²) >= 11 is 0. The number of anilines is 1. The molecular weight excluding hydrogens is 262 g/mol. The lowest BCUT2D eigenvalue weighted by Gasteiger charge is -2.40. The van der Waals surface area contributed by atoms with Crippen LogP contribution in [0.5, 0.6) is 0 Å². The van der Waals surface area contributed by atoms with E-state index in [1.54, 1.807) is 0 Å². The maximum absolute atomic E-state index is 12.6. The molecule has 0 spiro atoms. The van der Waals surface area contributed by atoms with Crippen molar-refractivity contribution in [2.24, 2.45) is 11.1 Å². The van der Waals surface area contributed by atoms with Gasteiger partial charge in [-0.15, -0.1) is 0 Å². The molecule has 116 valence electrons. The Hall–Kier alpha value is -1.55. The summed E-state index contributed by atoms with van der Waals surface area (Å²) in [4.78, 5) is 17.0. The molecule has 0 aliphatic carbocycles. The van der Waals surface area contributed by atoms with E-state index in [-0.39, 0.29) is 5.91 Å². The summed E-state index contributed by atoms with van der Waals surface area (Å²) in [6.45, 7) is 9.90. The molecule has 0 aromatic heterocycles. The largest absolute Gasteiger partial charge is 0.368 e. The van der Waals surface area contributed by atoms with Crippen LogP contribution in [0.2, 0.25) is 0 Å². The van der Waals surface area contributed by atoms with Gasteiger partial charge in [-0.2, -0.15) is 0 Å². The molecule has 1 atom stereocenters. The van der Waals surface area contributed by atoms with Crippen molar-refractivity contribution in [1.82, 2.24) is 4.90 Å². The number of amides is 1. The van der Waals surface area contributed by atoms with Crippen molar-refractivity contribution in [3.63, 3.8) is 0 Å². The highest BCUT2D eigenvalue weighted by atomic mass is 16.2. The first kappa shape index (κ1) is 15.8. The smallest absolute Gasteiger partial charge is 0.229 e.